The molecule has 0 saturated carbocycles. The van der Waals surface area contributed by atoms with Crippen LogP contribution in [-0.4, -0.2) is 20.1 Å². The molecule has 4 heteroatoms. The number of aryl methyl sites for hydroxylation is 1. The Morgan fingerprint density at radius 3 is 2.45 bits per heavy atom. The third-order valence-electron chi connectivity index (χ3n) is 4.56. The van der Waals surface area contributed by atoms with Gasteiger partial charge in [0.1, 0.15) is 6.26 Å². The van der Waals surface area contributed by atoms with Crippen LogP contribution in [0.2, 0.25) is 18.1 Å². The maximum Gasteiger partial charge on any atom is 0.191 e. The zero-order chi connectivity index (χ0) is 16.2. The van der Waals surface area contributed by atoms with Crippen molar-refractivity contribution in [2.24, 2.45) is 0 Å². The first kappa shape index (κ1) is 17.0. The second-order valence-corrected chi connectivity index (χ2v) is 12.1. The van der Waals surface area contributed by atoms with E-state index in [9.17, 15) is 0 Å². The van der Waals surface area contributed by atoms with E-state index in [1.165, 1.54) is 0 Å². The molecule has 1 heterocycles. The first-order chi connectivity index (χ1) is 10.3. The normalized spacial score (nSPS) is 12.6. The van der Waals surface area contributed by atoms with Crippen LogP contribution in [0.15, 0.2) is 41.1 Å². The summed E-state index contributed by atoms with van der Waals surface area (Å²) in [6, 6.07) is 10.3. The molecule has 1 aromatic heterocycles. The number of hydrogen-bond donors (Lipinski definition) is 0. The molecule has 0 radical (unpaired) electrons. The van der Waals surface area contributed by atoms with Gasteiger partial charge in [0.2, 0.25) is 0 Å². The highest BCUT2D eigenvalue weighted by atomic mass is 28.4. The summed E-state index contributed by atoms with van der Waals surface area (Å²) in [5.41, 5.74) is 3.27. The Hall–Kier alpha value is -1.39. The number of benzene rings is 1. The Labute approximate surface area is 134 Å². The van der Waals surface area contributed by atoms with E-state index in [1.54, 1.807) is 6.26 Å². The summed E-state index contributed by atoms with van der Waals surface area (Å²) in [6.07, 6.45) is 3.59. The molecule has 0 fully saturated rings. The van der Waals surface area contributed by atoms with Crippen molar-refractivity contribution in [3.63, 3.8) is 0 Å². The third kappa shape index (κ3) is 4.08. The van der Waals surface area contributed by atoms with E-state index in [2.05, 4.69) is 51.2 Å². The summed E-state index contributed by atoms with van der Waals surface area (Å²) in [7, 11) is -1.65. The minimum atomic E-state index is -1.65. The largest absolute Gasteiger partial charge is 0.417 e. The summed E-state index contributed by atoms with van der Waals surface area (Å²) in [5, 5.41) is 4.42. The second-order valence-electron chi connectivity index (χ2n) is 7.25. The Balaban J connectivity index is 1.91. The predicted octanol–water partition coefficient (Wildman–Crippen LogP) is 5.30. The minimum Gasteiger partial charge on any atom is -0.417 e. The van der Waals surface area contributed by atoms with Crippen molar-refractivity contribution in [1.82, 2.24) is 5.16 Å². The predicted molar refractivity (Wildman–Crippen MR) is 93.4 cm³/mol. The van der Waals surface area contributed by atoms with Crippen molar-refractivity contribution in [2.75, 3.05) is 6.61 Å². The van der Waals surface area contributed by atoms with Crippen LogP contribution >= 0.6 is 0 Å². The van der Waals surface area contributed by atoms with Gasteiger partial charge < -0.3 is 8.95 Å². The molecule has 22 heavy (non-hydrogen) atoms. The lowest BCUT2D eigenvalue weighted by Gasteiger charge is -2.36. The van der Waals surface area contributed by atoms with Crippen LogP contribution in [0.25, 0.3) is 11.1 Å². The van der Waals surface area contributed by atoms with Crippen LogP contribution in [-0.2, 0) is 10.8 Å². The van der Waals surface area contributed by atoms with Gasteiger partial charge in [-0.1, -0.05) is 56.3 Å². The molecule has 0 unspecified atom stereocenters. The van der Waals surface area contributed by atoms with Crippen molar-refractivity contribution in [1.29, 1.82) is 0 Å². The van der Waals surface area contributed by atoms with Gasteiger partial charge in [-0.15, -0.1) is 0 Å². The Morgan fingerprint density at radius 2 is 1.82 bits per heavy atom. The lowest BCUT2D eigenvalue weighted by Crippen LogP contribution is -2.41. The lowest BCUT2D eigenvalue weighted by molar-refractivity contribution is 0.281. The zero-order valence-electron chi connectivity index (χ0n) is 14.3. The molecule has 3 nitrogen and oxygen atoms in total. The van der Waals surface area contributed by atoms with Gasteiger partial charge in [0, 0.05) is 12.2 Å². The fourth-order valence-corrected chi connectivity index (χ4v) is 3.16. The van der Waals surface area contributed by atoms with Gasteiger partial charge in [-0.3, -0.25) is 0 Å². The molecule has 0 bridgehead atoms. The van der Waals surface area contributed by atoms with Gasteiger partial charge in [0.05, 0.1) is 5.69 Å². The molecule has 0 aliphatic heterocycles. The van der Waals surface area contributed by atoms with Crippen LogP contribution in [0.1, 0.15) is 32.9 Å². The highest BCUT2D eigenvalue weighted by molar-refractivity contribution is 6.74. The van der Waals surface area contributed by atoms with Crippen LogP contribution < -0.4 is 0 Å². The molecule has 0 aliphatic rings. The molecule has 0 spiro atoms. The number of nitrogens with zero attached hydrogens (tertiary/aromatic N) is 1. The monoisotopic (exact) mass is 317 g/mol. The van der Waals surface area contributed by atoms with E-state index in [0.717, 1.165) is 36.3 Å². The van der Waals surface area contributed by atoms with E-state index < -0.39 is 8.32 Å². The molecular formula is C18H27NO2Si. The maximum atomic E-state index is 6.22. The van der Waals surface area contributed by atoms with Crippen LogP contribution in [0.5, 0.6) is 0 Å². The van der Waals surface area contributed by atoms with E-state index in [1.807, 2.05) is 18.2 Å². The lowest BCUT2D eigenvalue weighted by atomic mass is 10.0. The molecule has 0 amide bonds. The Morgan fingerprint density at radius 1 is 1.14 bits per heavy atom. The molecule has 0 saturated heterocycles. The van der Waals surface area contributed by atoms with Gasteiger partial charge in [-0.05, 0) is 36.5 Å². The molecular weight excluding hydrogens is 290 g/mol. The van der Waals surface area contributed by atoms with Crippen molar-refractivity contribution < 1.29 is 8.95 Å². The first-order valence-corrected chi connectivity index (χ1v) is 10.8. The topological polar surface area (TPSA) is 35.3 Å². The average Bonchev–Trinajstić information content (AvgIpc) is 2.92. The molecule has 0 atom stereocenters. The van der Waals surface area contributed by atoms with E-state index in [-0.39, 0.29) is 5.04 Å². The fraction of sp³-hybridized carbons (Fsp3) is 0.500. The van der Waals surface area contributed by atoms with Crippen LogP contribution in [0.4, 0.5) is 0 Å². The molecule has 2 aromatic rings. The number of rotatable bonds is 6. The summed E-state index contributed by atoms with van der Waals surface area (Å²) in [4.78, 5) is 0. The standard InChI is InChI=1S/C18H27NO2Si/c1-18(2,3)22(4,5)21-13-9-12-17-16(14-20-19-17)15-10-7-6-8-11-15/h6-8,10-11,14H,9,12-13H2,1-5H3. The van der Waals surface area contributed by atoms with Gasteiger partial charge in [0.25, 0.3) is 0 Å². The molecule has 0 N–H and O–H groups in total. The van der Waals surface area contributed by atoms with Gasteiger partial charge in [0.15, 0.2) is 8.32 Å². The van der Waals surface area contributed by atoms with Gasteiger partial charge >= 0.3 is 0 Å². The van der Waals surface area contributed by atoms with E-state index in [0.29, 0.717) is 0 Å². The Kier molecular flexibility index (Phi) is 5.24. The highest BCUT2D eigenvalue weighted by Crippen LogP contribution is 2.36. The molecule has 1 aromatic carbocycles. The van der Waals surface area contributed by atoms with Crippen LogP contribution in [0, 0.1) is 0 Å². The molecule has 0 aliphatic carbocycles. The summed E-state index contributed by atoms with van der Waals surface area (Å²) < 4.78 is 11.4. The maximum absolute atomic E-state index is 6.22. The summed E-state index contributed by atoms with van der Waals surface area (Å²) >= 11 is 0. The van der Waals surface area contributed by atoms with E-state index >= 15 is 0 Å². The van der Waals surface area contributed by atoms with Crippen LogP contribution in [0.3, 0.4) is 0 Å². The average molecular weight is 318 g/mol. The second kappa shape index (κ2) is 6.80. The smallest absolute Gasteiger partial charge is 0.191 e. The van der Waals surface area contributed by atoms with Gasteiger partial charge in [-0.2, -0.15) is 0 Å². The van der Waals surface area contributed by atoms with Gasteiger partial charge in [-0.25, -0.2) is 0 Å². The SMILES string of the molecule is CC(C)(C)[Si](C)(C)OCCCc1nocc1-c1ccccc1. The van der Waals surface area contributed by atoms with Crippen molar-refractivity contribution in [3.8, 4) is 11.1 Å². The molecule has 2 rings (SSSR count). The minimum absolute atomic E-state index is 0.260. The quantitative estimate of drug-likeness (QED) is 0.536. The van der Waals surface area contributed by atoms with Crippen molar-refractivity contribution >= 4 is 8.32 Å². The number of hydrogen-bond acceptors (Lipinski definition) is 3. The number of aromatic nitrogens is 1. The fourth-order valence-electron chi connectivity index (χ4n) is 2.08. The van der Waals surface area contributed by atoms with Crippen molar-refractivity contribution in [2.45, 2.75) is 51.7 Å². The third-order valence-corrected chi connectivity index (χ3v) is 9.09. The zero-order valence-corrected chi connectivity index (χ0v) is 15.3. The summed E-state index contributed by atoms with van der Waals surface area (Å²) in [6.45, 7) is 12.2. The van der Waals surface area contributed by atoms with E-state index in [4.69, 9.17) is 8.95 Å². The molecule has 120 valence electrons. The highest BCUT2D eigenvalue weighted by Gasteiger charge is 2.36. The Bertz CT molecular complexity index is 585. The van der Waals surface area contributed by atoms with Crippen molar-refractivity contribution in [3.05, 3.63) is 42.3 Å². The summed E-state index contributed by atoms with van der Waals surface area (Å²) in [5.74, 6) is 0. The first-order valence-electron chi connectivity index (χ1n) is 7.94.